The molecule has 2 aromatic rings. The molecule has 1 heterocycles. The van der Waals surface area contributed by atoms with Crippen LogP contribution in [0.25, 0.3) is 0 Å². The fourth-order valence-electron chi connectivity index (χ4n) is 1.92. The van der Waals surface area contributed by atoms with Crippen LogP contribution in [-0.2, 0) is 6.54 Å². The minimum absolute atomic E-state index is 0.194. The number of halogens is 1. The number of anilines is 2. The van der Waals surface area contributed by atoms with E-state index in [2.05, 4.69) is 20.3 Å². The first kappa shape index (κ1) is 16.1. The van der Waals surface area contributed by atoms with Crippen molar-refractivity contribution in [3.63, 3.8) is 0 Å². The highest BCUT2D eigenvalue weighted by atomic mass is 19.1. The van der Waals surface area contributed by atoms with Crippen molar-refractivity contribution in [2.45, 2.75) is 33.2 Å². The molecule has 2 rings (SSSR count). The van der Waals surface area contributed by atoms with Gasteiger partial charge in [-0.3, -0.25) is 0 Å². The molecule has 0 amide bonds. The van der Waals surface area contributed by atoms with Crippen LogP contribution < -0.4 is 10.2 Å². The Morgan fingerprint density at radius 2 is 1.91 bits per heavy atom. The van der Waals surface area contributed by atoms with Crippen LogP contribution in [0.4, 0.5) is 16.3 Å². The van der Waals surface area contributed by atoms with E-state index in [9.17, 15) is 4.39 Å². The van der Waals surface area contributed by atoms with E-state index in [1.54, 1.807) is 13.0 Å². The summed E-state index contributed by atoms with van der Waals surface area (Å²) in [6.07, 6.45) is 0. The molecule has 0 bridgehead atoms. The molecule has 5 nitrogen and oxygen atoms in total. The zero-order chi connectivity index (χ0) is 16.3. The summed E-state index contributed by atoms with van der Waals surface area (Å²) in [7, 11) is 3.79. The molecule has 1 aromatic carbocycles. The molecule has 0 spiro atoms. The van der Waals surface area contributed by atoms with E-state index in [1.165, 1.54) is 6.07 Å². The van der Waals surface area contributed by atoms with Gasteiger partial charge in [-0.05, 0) is 24.1 Å². The fraction of sp³-hybridized carbons (Fsp3) is 0.438. The Labute approximate surface area is 130 Å². The van der Waals surface area contributed by atoms with Crippen LogP contribution in [0.15, 0.2) is 18.2 Å². The van der Waals surface area contributed by atoms with Gasteiger partial charge in [-0.15, -0.1) is 0 Å². The third-order valence-electron chi connectivity index (χ3n) is 3.23. The minimum Gasteiger partial charge on any atom is -0.350 e. The normalized spacial score (nSPS) is 10.9. The van der Waals surface area contributed by atoms with Crippen LogP contribution in [0.3, 0.4) is 0 Å². The SMILES string of the molecule is Cc1cc(CNc2nc(C(C)C)nc(N(C)C)n2)ccc1F. The second-order valence-electron chi connectivity index (χ2n) is 5.80. The minimum atomic E-state index is -0.194. The number of hydrogen-bond acceptors (Lipinski definition) is 5. The summed E-state index contributed by atoms with van der Waals surface area (Å²) in [4.78, 5) is 15.1. The first-order chi connectivity index (χ1) is 10.4. The van der Waals surface area contributed by atoms with Crippen LogP contribution >= 0.6 is 0 Å². The Bertz CT molecular complexity index is 629. The van der Waals surface area contributed by atoms with Gasteiger partial charge in [0.1, 0.15) is 11.6 Å². The van der Waals surface area contributed by atoms with Gasteiger partial charge in [0.15, 0.2) is 0 Å². The number of nitrogens with zero attached hydrogens (tertiary/aromatic N) is 4. The smallest absolute Gasteiger partial charge is 0.229 e. The predicted molar refractivity (Wildman–Crippen MR) is 86.7 cm³/mol. The molecule has 0 aliphatic heterocycles. The summed E-state index contributed by atoms with van der Waals surface area (Å²) in [5.74, 6) is 1.92. The maximum atomic E-state index is 13.3. The van der Waals surface area contributed by atoms with Gasteiger partial charge in [-0.1, -0.05) is 26.0 Å². The Morgan fingerprint density at radius 3 is 2.50 bits per heavy atom. The lowest BCUT2D eigenvalue weighted by Gasteiger charge is -2.15. The second-order valence-corrected chi connectivity index (χ2v) is 5.80. The van der Waals surface area contributed by atoms with Gasteiger partial charge >= 0.3 is 0 Å². The average Bonchev–Trinajstić information content (AvgIpc) is 2.48. The van der Waals surface area contributed by atoms with Crippen molar-refractivity contribution in [2.75, 3.05) is 24.3 Å². The molecule has 0 saturated carbocycles. The lowest BCUT2D eigenvalue weighted by atomic mass is 10.1. The lowest BCUT2D eigenvalue weighted by molar-refractivity contribution is 0.617. The Balaban J connectivity index is 2.19. The van der Waals surface area contributed by atoms with Crippen LogP contribution in [0.5, 0.6) is 0 Å². The quantitative estimate of drug-likeness (QED) is 0.919. The zero-order valence-electron chi connectivity index (χ0n) is 13.7. The Morgan fingerprint density at radius 1 is 1.18 bits per heavy atom. The van der Waals surface area contributed by atoms with Gasteiger partial charge in [0.2, 0.25) is 11.9 Å². The molecule has 1 aromatic heterocycles. The van der Waals surface area contributed by atoms with E-state index < -0.39 is 0 Å². The first-order valence-corrected chi connectivity index (χ1v) is 7.29. The summed E-state index contributed by atoms with van der Waals surface area (Å²) >= 11 is 0. The van der Waals surface area contributed by atoms with Crippen molar-refractivity contribution in [1.29, 1.82) is 0 Å². The zero-order valence-corrected chi connectivity index (χ0v) is 13.7. The summed E-state index contributed by atoms with van der Waals surface area (Å²) in [5.41, 5.74) is 1.61. The molecule has 0 radical (unpaired) electrons. The second kappa shape index (κ2) is 6.68. The van der Waals surface area contributed by atoms with E-state index in [1.807, 2.05) is 38.9 Å². The molecule has 1 N–H and O–H groups in total. The van der Waals surface area contributed by atoms with Crippen molar-refractivity contribution < 1.29 is 4.39 Å². The number of aromatic nitrogens is 3. The molecule has 0 fully saturated rings. The largest absolute Gasteiger partial charge is 0.350 e. The Hall–Kier alpha value is -2.24. The van der Waals surface area contributed by atoms with Crippen LogP contribution in [0, 0.1) is 12.7 Å². The maximum absolute atomic E-state index is 13.3. The average molecular weight is 303 g/mol. The fourth-order valence-corrected chi connectivity index (χ4v) is 1.92. The van der Waals surface area contributed by atoms with Crippen molar-refractivity contribution in [3.8, 4) is 0 Å². The summed E-state index contributed by atoms with van der Waals surface area (Å²) in [6, 6.07) is 5.05. The van der Waals surface area contributed by atoms with Crippen molar-refractivity contribution in [1.82, 2.24) is 15.0 Å². The van der Waals surface area contributed by atoms with Crippen molar-refractivity contribution in [3.05, 3.63) is 41.0 Å². The molecule has 0 unspecified atom stereocenters. The molecular formula is C16H22FN5. The third kappa shape index (κ3) is 3.90. The highest BCUT2D eigenvalue weighted by Gasteiger charge is 2.11. The van der Waals surface area contributed by atoms with Crippen molar-refractivity contribution >= 4 is 11.9 Å². The highest BCUT2D eigenvalue weighted by molar-refractivity contribution is 5.37. The molecule has 0 atom stereocenters. The number of nitrogens with one attached hydrogen (secondary N) is 1. The van der Waals surface area contributed by atoms with E-state index in [0.717, 1.165) is 11.4 Å². The van der Waals surface area contributed by atoms with Gasteiger partial charge in [0, 0.05) is 26.6 Å². The summed E-state index contributed by atoms with van der Waals surface area (Å²) in [5, 5.41) is 3.19. The molecule has 0 aliphatic rings. The van der Waals surface area contributed by atoms with Gasteiger partial charge < -0.3 is 10.2 Å². The third-order valence-corrected chi connectivity index (χ3v) is 3.23. The Kier molecular flexibility index (Phi) is 4.90. The highest BCUT2D eigenvalue weighted by Crippen LogP contribution is 2.16. The van der Waals surface area contributed by atoms with E-state index in [4.69, 9.17) is 0 Å². The lowest BCUT2D eigenvalue weighted by Crippen LogP contribution is -2.17. The molecule has 22 heavy (non-hydrogen) atoms. The van der Waals surface area contributed by atoms with Crippen LogP contribution in [0.2, 0.25) is 0 Å². The topological polar surface area (TPSA) is 53.9 Å². The number of hydrogen-bond donors (Lipinski definition) is 1. The van der Waals surface area contributed by atoms with Crippen molar-refractivity contribution in [2.24, 2.45) is 0 Å². The van der Waals surface area contributed by atoms with Gasteiger partial charge in [0.05, 0.1) is 0 Å². The summed E-state index contributed by atoms with van der Waals surface area (Å²) in [6.45, 7) is 6.38. The predicted octanol–water partition coefficient (Wildman–Crippen LogP) is 3.12. The monoisotopic (exact) mass is 303 g/mol. The van der Waals surface area contributed by atoms with Crippen LogP contribution in [0.1, 0.15) is 36.7 Å². The van der Waals surface area contributed by atoms with E-state index >= 15 is 0 Å². The van der Waals surface area contributed by atoms with Gasteiger partial charge in [-0.2, -0.15) is 15.0 Å². The first-order valence-electron chi connectivity index (χ1n) is 7.29. The summed E-state index contributed by atoms with van der Waals surface area (Å²) < 4.78 is 13.3. The molecular weight excluding hydrogens is 281 g/mol. The number of benzene rings is 1. The molecule has 0 saturated heterocycles. The molecule has 118 valence electrons. The van der Waals surface area contributed by atoms with Gasteiger partial charge in [0.25, 0.3) is 0 Å². The van der Waals surface area contributed by atoms with Gasteiger partial charge in [-0.25, -0.2) is 4.39 Å². The maximum Gasteiger partial charge on any atom is 0.229 e. The standard InChI is InChI=1S/C16H22FN5/c1-10(2)14-19-15(21-16(20-14)22(4)5)18-9-12-6-7-13(17)11(3)8-12/h6-8,10H,9H2,1-5H3,(H,18,19,20,21). The number of aryl methyl sites for hydroxylation is 1. The molecule has 0 aliphatic carbocycles. The van der Waals surface area contributed by atoms with E-state index in [0.29, 0.717) is 24.0 Å². The number of rotatable bonds is 5. The molecule has 6 heteroatoms. The van der Waals surface area contributed by atoms with E-state index in [-0.39, 0.29) is 11.7 Å². The van der Waals surface area contributed by atoms with Crippen LogP contribution in [-0.4, -0.2) is 29.0 Å².